The second kappa shape index (κ2) is 3.54. The van der Waals surface area contributed by atoms with Crippen LogP contribution in [0.5, 0.6) is 0 Å². The average Bonchev–Trinajstić information content (AvgIpc) is 2.17. The van der Waals surface area contributed by atoms with Crippen molar-refractivity contribution in [3.63, 3.8) is 0 Å². The van der Waals surface area contributed by atoms with Crippen molar-refractivity contribution in [1.29, 1.82) is 0 Å². The fourth-order valence-corrected chi connectivity index (χ4v) is 2.02. The molecule has 1 aliphatic carbocycles. The Morgan fingerprint density at radius 1 is 1.89 bits per heavy atom. The summed E-state index contributed by atoms with van der Waals surface area (Å²) in [6.07, 6.45) is 4.33. The first-order chi connectivity index (χ1) is 4.33. The standard InChI is InChI=1S/C6H10OS2/c1-7-9-6-3-2-5(8)4-6/h2,6,8H,3-4H2,1H3. The van der Waals surface area contributed by atoms with Crippen molar-refractivity contribution < 1.29 is 4.18 Å². The van der Waals surface area contributed by atoms with Crippen LogP contribution < -0.4 is 0 Å². The third kappa shape index (κ3) is 2.24. The zero-order valence-electron chi connectivity index (χ0n) is 5.33. The maximum Gasteiger partial charge on any atom is 0.0503 e. The first-order valence-corrected chi connectivity index (χ1v) is 4.15. The molecule has 1 rings (SSSR count). The van der Waals surface area contributed by atoms with Crippen LogP contribution >= 0.6 is 24.7 Å². The van der Waals surface area contributed by atoms with Crippen molar-refractivity contribution in [2.45, 2.75) is 18.1 Å². The Balaban J connectivity index is 2.21. The lowest BCUT2D eigenvalue weighted by Crippen LogP contribution is -1.94. The van der Waals surface area contributed by atoms with Gasteiger partial charge < -0.3 is 4.18 Å². The maximum absolute atomic E-state index is 4.92. The molecule has 3 heteroatoms. The second-order valence-corrected chi connectivity index (χ2v) is 3.79. The highest BCUT2D eigenvalue weighted by molar-refractivity contribution is 7.95. The van der Waals surface area contributed by atoms with E-state index in [4.69, 9.17) is 4.18 Å². The third-order valence-electron chi connectivity index (χ3n) is 1.29. The zero-order chi connectivity index (χ0) is 6.69. The van der Waals surface area contributed by atoms with Crippen LogP contribution in [-0.2, 0) is 4.18 Å². The van der Waals surface area contributed by atoms with Gasteiger partial charge in [-0.1, -0.05) is 6.08 Å². The zero-order valence-corrected chi connectivity index (χ0v) is 7.04. The fraction of sp³-hybridized carbons (Fsp3) is 0.667. The quantitative estimate of drug-likeness (QED) is 0.492. The molecule has 0 heterocycles. The highest BCUT2D eigenvalue weighted by atomic mass is 32.2. The summed E-state index contributed by atoms with van der Waals surface area (Å²) >= 11 is 5.78. The van der Waals surface area contributed by atoms with Crippen molar-refractivity contribution in [1.82, 2.24) is 0 Å². The molecule has 1 nitrogen and oxygen atoms in total. The average molecular weight is 162 g/mol. The van der Waals surface area contributed by atoms with E-state index < -0.39 is 0 Å². The molecule has 9 heavy (non-hydrogen) atoms. The predicted octanol–water partition coefficient (Wildman–Crippen LogP) is 2.26. The number of hydrogen-bond acceptors (Lipinski definition) is 3. The summed E-state index contributed by atoms with van der Waals surface area (Å²) < 4.78 is 4.92. The Morgan fingerprint density at radius 2 is 2.67 bits per heavy atom. The summed E-state index contributed by atoms with van der Waals surface area (Å²) in [7, 11) is 1.71. The summed E-state index contributed by atoms with van der Waals surface area (Å²) in [5.41, 5.74) is 0. The van der Waals surface area contributed by atoms with Crippen LogP contribution in [0.3, 0.4) is 0 Å². The molecule has 0 aromatic carbocycles. The monoisotopic (exact) mass is 162 g/mol. The lowest BCUT2D eigenvalue weighted by molar-refractivity contribution is 0.483. The van der Waals surface area contributed by atoms with Crippen LogP contribution in [-0.4, -0.2) is 12.4 Å². The van der Waals surface area contributed by atoms with E-state index >= 15 is 0 Å². The van der Waals surface area contributed by atoms with Gasteiger partial charge in [0.05, 0.1) is 7.11 Å². The number of rotatable bonds is 2. The molecule has 0 aromatic rings. The minimum absolute atomic E-state index is 0.613. The number of hydrogen-bond donors (Lipinski definition) is 1. The number of thiol groups is 1. The summed E-state index contributed by atoms with van der Waals surface area (Å²) in [5.74, 6) is 0. The first kappa shape index (κ1) is 7.51. The van der Waals surface area contributed by atoms with Crippen LogP contribution in [0.15, 0.2) is 11.0 Å². The van der Waals surface area contributed by atoms with E-state index in [2.05, 4.69) is 18.7 Å². The predicted molar refractivity (Wildman–Crippen MR) is 44.7 cm³/mol. The molecule has 1 atom stereocenters. The van der Waals surface area contributed by atoms with Crippen molar-refractivity contribution in [3.8, 4) is 0 Å². The Hall–Kier alpha value is 0.400. The topological polar surface area (TPSA) is 9.23 Å². The van der Waals surface area contributed by atoms with Gasteiger partial charge in [-0.25, -0.2) is 0 Å². The van der Waals surface area contributed by atoms with E-state index in [-0.39, 0.29) is 0 Å². The van der Waals surface area contributed by atoms with E-state index in [1.807, 2.05) is 0 Å². The Labute approximate surface area is 65.5 Å². The van der Waals surface area contributed by atoms with Crippen LogP contribution in [0.4, 0.5) is 0 Å². The van der Waals surface area contributed by atoms with Gasteiger partial charge in [-0.15, -0.1) is 12.6 Å². The Bertz CT molecular complexity index is 122. The third-order valence-corrected chi connectivity index (χ3v) is 2.47. The second-order valence-electron chi connectivity index (χ2n) is 2.02. The highest BCUT2D eigenvalue weighted by Gasteiger charge is 2.14. The van der Waals surface area contributed by atoms with Crippen LogP contribution in [0, 0.1) is 0 Å². The van der Waals surface area contributed by atoms with Gasteiger partial charge in [0.15, 0.2) is 0 Å². The number of allylic oxidation sites excluding steroid dienone is 2. The summed E-state index contributed by atoms with van der Waals surface area (Å²) in [5, 5.41) is 0.613. The normalized spacial score (nSPS) is 26.4. The van der Waals surface area contributed by atoms with Gasteiger partial charge in [0, 0.05) is 5.25 Å². The fourth-order valence-electron chi connectivity index (χ4n) is 0.877. The van der Waals surface area contributed by atoms with Gasteiger partial charge in [0.25, 0.3) is 0 Å². The Kier molecular flexibility index (Phi) is 2.95. The van der Waals surface area contributed by atoms with Gasteiger partial charge in [0.2, 0.25) is 0 Å². The molecule has 0 N–H and O–H groups in total. The minimum atomic E-state index is 0.613. The molecule has 0 saturated carbocycles. The lowest BCUT2D eigenvalue weighted by atomic mass is 10.3. The van der Waals surface area contributed by atoms with Crippen molar-refractivity contribution in [2.75, 3.05) is 7.11 Å². The van der Waals surface area contributed by atoms with E-state index in [0.717, 1.165) is 12.8 Å². The molecule has 0 aliphatic heterocycles. The van der Waals surface area contributed by atoms with E-state index in [0.29, 0.717) is 5.25 Å². The summed E-state index contributed by atoms with van der Waals surface area (Å²) in [4.78, 5) is 1.20. The largest absolute Gasteiger partial charge is 0.318 e. The molecule has 0 spiro atoms. The molecule has 0 bridgehead atoms. The van der Waals surface area contributed by atoms with Gasteiger partial charge in [-0.2, -0.15) is 0 Å². The van der Waals surface area contributed by atoms with Gasteiger partial charge in [-0.3, -0.25) is 0 Å². The van der Waals surface area contributed by atoms with Crippen molar-refractivity contribution in [2.24, 2.45) is 0 Å². The lowest BCUT2D eigenvalue weighted by Gasteiger charge is -2.03. The maximum atomic E-state index is 4.92. The smallest absolute Gasteiger partial charge is 0.0503 e. The molecular formula is C6H10OS2. The molecule has 1 aliphatic rings. The molecule has 0 aromatic heterocycles. The van der Waals surface area contributed by atoms with Crippen molar-refractivity contribution in [3.05, 3.63) is 11.0 Å². The van der Waals surface area contributed by atoms with Crippen LogP contribution in [0.1, 0.15) is 12.8 Å². The van der Waals surface area contributed by atoms with Crippen LogP contribution in [0.25, 0.3) is 0 Å². The van der Waals surface area contributed by atoms with Crippen LogP contribution in [0.2, 0.25) is 0 Å². The van der Waals surface area contributed by atoms with Crippen molar-refractivity contribution >= 4 is 24.7 Å². The summed E-state index contributed by atoms with van der Waals surface area (Å²) in [6.45, 7) is 0. The highest BCUT2D eigenvalue weighted by Crippen LogP contribution is 2.30. The van der Waals surface area contributed by atoms with E-state index in [1.165, 1.54) is 4.91 Å². The molecule has 1 unspecified atom stereocenters. The molecule has 0 saturated heterocycles. The van der Waals surface area contributed by atoms with E-state index in [1.54, 1.807) is 19.2 Å². The summed E-state index contributed by atoms with van der Waals surface area (Å²) in [6, 6.07) is 0. The minimum Gasteiger partial charge on any atom is -0.318 e. The molecule has 0 amide bonds. The molecular weight excluding hydrogens is 152 g/mol. The van der Waals surface area contributed by atoms with E-state index in [9.17, 15) is 0 Å². The first-order valence-electron chi connectivity index (χ1n) is 2.90. The van der Waals surface area contributed by atoms with Gasteiger partial charge in [-0.05, 0) is 29.8 Å². The molecule has 0 fully saturated rings. The molecule has 52 valence electrons. The van der Waals surface area contributed by atoms with Gasteiger partial charge in [0.1, 0.15) is 0 Å². The Morgan fingerprint density at radius 3 is 3.11 bits per heavy atom. The SMILES string of the molecule is COSC1CC=C(S)C1. The van der Waals surface area contributed by atoms with Gasteiger partial charge >= 0.3 is 0 Å². The molecule has 0 radical (unpaired) electrons.